The normalized spacial score (nSPS) is 10.5. The predicted molar refractivity (Wildman–Crippen MR) is 87.4 cm³/mol. The summed E-state index contributed by atoms with van der Waals surface area (Å²) in [7, 11) is 0. The van der Waals surface area contributed by atoms with E-state index in [4.69, 9.17) is 0 Å². The molecule has 2 aromatic heterocycles. The fraction of sp³-hybridized carbons (Fsp3) is 0.125. The number of thiophene rings is 1. The van der Waals surface area contributed by atoms with Gasteiger partial charge in [-0.3, -0.25) is 4.79 Å². The van der Waals surface area contributed by atoms with Gasteiger partial charge in [-0.1, -0.05) is 36.4 Å². The van der Waals surface area contributed by atoms with Gasteiger partial charge in [0.2, 0.25) is 5.91 Å². The summed E-state index contributed by atoms with van der Waals surface area (Å²) in [4.78, 5) is 17.6. The first kappa shape index (κ1) is 14.0. The van der Waals surface area contributed by atoms with Crippen molar-refractivity contribution in [2.75, 3.05) is 0 Å². The molecule has 0 bridgehead atoms. The predicted octanol–water partition coefficient (Wildman–Crippen LogP) is 3.73. The maximum Gasteiger partial charge on any atom is 0.226 e. The van der Waals surface area contributed by atoms with Crippen LogP contribution in [0, 0.1) is 0 Å². The Morgan fingerprint density at radius 1 is 1.10 bits per heavy atom. The van der Waals surface area contributed by atoms with E-state index in [1.54, 1.807) is 22.7 Å². The summed E-state index contributed by atoms with van der Waals surface area (Å²) in [5, 5.41) is 7.89. The minimum Gasteiger partial charge on any atom is -0.352 e. The second-order valence-electron chi connectivity index (χ2n) is 4.56. The van der Waals surface area contributed by atoms with Crippen molar-refractivity contribution in [1.82, 2.24) is 10.3 Å². The fourth-order valence-corrected chi connectivity index (χ4v) is 3.56. The second kappa shape index (κ2) is 6.65. The Morgan fingerprint density at radius 2 is 1.95 bits per heavy atom. The zero-order chi connectivity index (χ0) is 14.5. The second-order valence-corrected chi connectivity index (χ2v) is 6.37. The zero-order valence-corrected chi connectivity index (χ0v) is 12.9. The molecule has 1 aromatic carbocycles. The third kappa shape index (κ3) is 3.77. The van der Waals surface area contributed by atoms with Crippen LogP contribution in [-0.2, 0) is 17.8 Å². The van der Waals surface area contributed by atoms with Crippen LogP contribution in [0.1, 0.15) is 11.3 Å². The van der Waals surface area contributed by atoms with Crippen LogP contribution < -0.4 is 5.32 Å². The largest absolute Gasteiger partial charge is 0.352 e. The lowest BCUT2D eigenvalue weighted by Crippen LogP contribution is -2.24. The SMILES string of the molecule is O=C(Cc1csc(-c2cccs2)n1)NCc1ccccc1. The van der Waals surface area contributed by atoms with Gasteiger partial charge >= 0.3 is 0 Å². The maximum atomic E-state index is 11.9. The Bertz CT molecular complexity index is 705. The molecule has 0 atom stereocenters. The van der Waals surface area contributed by atoms with Gasteiger partial charge in [0, 0.05) is 11.9 Å². The Hall–Kier alpha value is -1.98. The van der Waals surface area contributed by atoms with Crippen LogP contribution in [0.25, 0.3) is 9.88 Å². The molecule has 21 heavy (non-hydrogen) atoms. The molecular formula is C16H14N2OS2. The van der Waals surface area contributed by atoms with Gasteiger partial charge in [0.15, 0.2) is 0 Å². The van der Waals surface area contributed by atoms with Gasteiger partial charge in [0.1, 0.15) is 5.01 Å². The van der Waals surface area contributed by atoms with Crippen molar-refractivity contribution in [3.05, 3.63) is 64.5 Å². The third-order valence-corrected chi connectivity index (χ3v) is 4.89. The van der Waals surface area contributed by atoms with Crippen LogP contribution in [0.3, 0.4) is 0 Å². The highest BCUT2D eigenvalue weighted by Gasteiger charge is 2.09. The summed E-state index contributed by atoms with van der Waals surface area (Å²) in [5.41, 5.74) is 1.93. The molecule has 1 N–H and O–H groups in total. The third-order valence-electron chi connectivity index (χ3n) is 2.96. The molecule has 0 saturated carbocycles. The summed E-state index contributed by atoms with van der Waals surface area (Å²) in [5.74, 6) is 0.00174. The molecule has 3 nitrogen and oxygen atoms in total. The zero-order valence-electron chi connectivity index (χ0n) is 11.3. The fourth-order valence-electron chi connectivity index (χ4n) is 1.93. The molecule has 2 heterocycles. The Balaban J connectivity index is 1.55. The maximum absolute atomic E-state index is 11.9. The molecule has 3 rings (SSSR count). The highest BCUT2D eigenvalue weighted by Crippen LogP contribution is 2.27. The molecule has 0 unspecified atom stereocenters. The lowest BCUT2D eigenvalue weighted by atomic mass is 10.2. The van der Waals surface area contributed by atoms with Crippen LogP contribution in [0.5, 0.6) is 0 Å². The number of nitrogens with one attached hydrogen (secondary N) is 1. The summed E-state index contributed by atoms with van der Waals surface area (Å²) < 4.78 is 0. The van der Waals surface area contributed by atoms with E-state index in [1.807, 2.05) is 53.2 Å². The minimum atomic E-state index is 0.00174. The first-order chi connectivity index (χ1) is 10.3. The number of nitrogens with zero attached hydrogens (tertiary/aromatic N) is 1. The van der Waals surface area contributed by atoms with Crippen LogP contribution >= 0.6 is 22.7 Å². The molecule has 106 valence electrons. The number of hydrogen-bond acceptors (Lipinski definition) is 4. The van der Waals surface area contributed by atoms with E-state index in [-0.39, 0.29) is 5.91 Å². The van der Waals surface area contributed by atoms with E-state index in [0.717, 1.165) is 21.1 Å². The minimum absolute atomic E-state index is 0.00174. The van der Waals surface area contributed by atoms with Gasteiger partial charge in [-0.25, -0.2) is 4.98 Å². The number of hydrogen-bond donors (Lipinski definition) is 1. The van der Waals surface area contributed by atoms with Crippen LogP contribution in [0.15, 0.2) is 53.2 Å². The monoisotopic (exact) mass is 314 g/mol. The van der Waals surface area contributed by atoms with Crippen LogP contribution in [-0.4, -0.2) is 10.9 Å². The number of benzene rings is 1. The first-order valence-electron chi connectivity index (χ1n) is 6.60. The molecule has 0 fully saturated rings. The highest BCUT2D eigenvalue weighted by atomic mass is 32.1. The molecular weight excluding hydrogens is 300 g/mol. The number of rotatable bonds is 5. The topological polar surface area (TPSA) is 42.0 Å². The van der Waals surface area contributed by atoms with Gasteiger partial charge in [-0.2, -0.15) is 0 Å². The number of thiazole rings is 1. The molecule has 0 aliphatic carbocycles. The summed E-state index contributed by atoms with van der Waals surface area (Å²) in [6.07, 6.45) is 0.328. The lowest BCUT2D eigenvalue weighted by Gasteiger charge is -2.03. The van der Waals surface area contributed by atoms with Crippen LogP contribution in [0.2, 0.25) is 0 Å². The average molecular weight is 314 g/mol. The van der Waals surface area contributed by atoms with E-state index >= 15 is 0 Å². The smallest absolute Gasteiger partial charge is 0.226 e. The Kier molecular flexibility index (Phi) is 4.43. The van der Waals surface area contributed by atoms with E-state index in [1.165, 1.54) is 0 Å². The summed E-state index contributed by atoms with van der Waals surface area (Å²) in [6.45, 7) is 0.557. The highest BCUT2D eigenvalue weighted by molar-refractivity contribution is 7.20. The molecule has 0 spiro atoms. The standard InChI is InChI=1S/C16H14N2OS2/c19-15(17-10-12-5-2-1-3-6-12)9-13-11-21-16(18-13)14-7-4-8-20-14/h1-8,11H,9-10H2,(H,17,19). The van der Waals surface area contributed by atoms with Gasteiger partial charge in [0.25, 0.3) is 0 Å². The van der Waals surface area contributed by atoms with Crippen LogP contribution in [0.4, 0.5) is 0 Å². The molecule has 0 aliphatic rings. The van der Waals surface area contributed by atoms with Crippen molar-refractivity contribution in [1.29, 1.82) is 0 Å². The molecule has 0 radical (unpaired) electrons. The quantitative estimate of drug-likeness (QED) is 0.779. The Labute approximate surface area is 131 Å². The van der Waals surface area contributed by atoms with Crippen molar-refractivity contribution < 1.29 is 4.79 Å². The van der Waals surface area contributed by atoms with Gasteiger partial charge < -0.3 is 5.32 Å². The van der Waals surface area contributed by atoms with Crippen molar-refractivity contribution in [2.24, 2.45) is 0 Å². The van der Waals surface area contributed by atoms with E-state index in [9.17, 15) is 4.79 Å². The first-order valence-corrected chi connectivity index (χ1v) is 8.36. The van der Waals surface area contributed by atoms with Crippen molar-refractivity contribution in [3.8, 4) is 9.88 Å². The molecule has 3 aromatic rings. The van der Waals surface area contributed by atoms with E-state index in [2.05, 4.69) is 10.3 Å². The average Bonchev–Trinajstić information content (AvgIpc) is 3.17. The number of aromatic nitrogens is 1. The lowest BCUT2D eigenvalue weighted by molar-refractivity contribution is -0.120. The van der Waals surface area contributed by atoms with Crippen molar-refractivity contribution >= 4 is 28.6 Å². The molecule has 0 aliphatic heterocycles. The molecule has 0 saturated heterocycles. The van der Waals surface area contributed by atoms with E-state index in [0.29, 0.717) is 13.0 Å². The summed E-state index contributed by atoms with van der Waals surface area (Å²) >= 11 is 3.25. The number of amides is 1. The van der Waals surface area contributed by atoms with Gasteiger partial charge in [-0.05, 0) is 17.0 Å². The number of carbonyl (C=O) groups excluding carboxylic acids is 1. The van der Waals surface area contributed by atoms with Gasteiger partial charge in [0.05, 0.1) is 17.0 Å². The molecule has 1 amide bonds. The van der Waals surface area contributed by atoms with E-state index < -0.39 is 0 Å². The summed E-state index contributed by atoms with van der Waals surface area (Å²) in [6, 6.07) is 13.9. The van der Waals surface area contributed by atoms with Gasteiger partial charge in [-0.15, -0.1) is 22.7 Å². The molecule has 5 heteroatoms. The number of carbonyl (C=O) groups is 1. The van der Waals surface area contributed by atoms with Crippen molar-refractivity contribution in [3.63, 3.8) is 0 Å². The Morgan fingerprint density at radius 3 is 2.71 bits per heavy atom. The van der Waals surface area contributed by atoms with Crippen molar-refractivity contribution in [2.45, 2.75) is 13.0 Å².